The zero-order chi connectivity index (χ0) is 15.3. The summed E-state index contributed by atoms with van der Waals surface area (Å²) in [6.07, 6.45) is 0. The van der Waals surface area contributed by atoms with Gasteiger partial charge in [-0.3, -0.25) is 0 Å². The molecule has 0 spiro atoms. The Morgan fingerprint density at radius 1 is 1.33 bits per heavy atom. The van der Waals surface area contributed by atoms with Gasteiger partial charge in [0.25, 0.3) is 0 Å². The SMILES string of the molecule is O=S(=O)(NCc1ccsc1)c1ccc(C#CCO)c(F)c1. The molecule has 0 bridgehead atoms. The van der Waals surface area contributed by atoms with Crippen LogP contribution in [-0.2, 0) is 16.6 Å². The van der Waals surface area contributed by atoms with Crippen molar-refractivity contribution in [2.75, 3.05) is 6.61 Å². The minimum Gasteiger partial charge on any atom is -0.384 e. The van der Waals surface area contributed by atoms with E-state index >= 15 is 0 Å². The van der Waals surface area contributed by atoms with Crippen molar-refractivity contribution in [1.29, 1.82) is 0 Å². The summed E-state index contributed by atoms with van der Waals surface area (Å²) in [5.74, 6) is 3.97. The van der Waals surface area contributed by atoms with Gasteiger partial charge < -0.3 is 5.11 Å². The summed E-state index contributed by atoms with van der Waals surface area (Å²) in [6.45, 7) is -0.235. The van der Waals surface area contributed by atoms with Crippen LogP contribution in [0.15, 0.2) is 39.9 Å². The number of benzene rings is 1. The molecule has 0 amide bonds. The molecule has 2 rings (SSSR count). The normalized spacial score (nSPS) is 11.0. The van der Waals surface area contributed by atoms with E-state index in [4.69, 9.17) is 5.11 Å². The summed E-state index contributed by atoms with van der Waals surface area (Å²) < 4.78 is 40.3. The van der Waals surface area contributed by atoms with Crippen molar-refractivity contribution in [2.45, 2.75) is 11.4 Å². The Bertz CT molecular complexity index is 774. The van der Waals surface area contributed by atoms with Crippen LogP contribution in [-0.4, -0.2) is 20.1 Å². The molecule has 0 saturated heterocycles. The summed E-state index contributed by atoms with van der Waals surface area (Å²) >= 11 is 1.47. The van der Waals surface area contributed by atoms with Crippen LogP contribution >= 0.6 is 11.3 Å². The monoisotopic (exact) mass is 325 g/mol. The number of thiophene rings is 1. The maximum Gasteiger partial charge on any atom is 0.240 e. The van der Waals surface area contributed by atoms with Crippen LogP contribution in [0.25, 0.3) is 0 Å². The van der Waals surface area contributed by atoms with Crippen LogP contribution < -0.4 is 4.72 Å². The maximum atomic E-state index is 13.7. The quantitative estimate of drug-likeness (QED) is 0.841. The minimum atomic E-state index is -3.78. The van der Waals surface area contributed by atoms with E-state index in [-0.39, 0.29) is 23.6 Å². The van der Waals surface area contributed by atoms with Crippen LogP contribution in [0.3, 0.4) is 0 Å². The molecule has 110 valence electrons. The summed E-state index contributed by atoms with van der Waals surface area (Å²) in [5, 5.41) is 12.2. The molecule has 0 aliphatic carbocycles. The minimum absolute atomic E-state index is 0.0424. The van der Waals surface area contributed by atoms with Crippen LogP contribution in [0.5, 0.6) is 0 Å². The molecule has 1 aromatic heterocycles. The third-order valence-corrected chi connectivity index (χ3v) is 4.73. The van der Waals surface area contributed by atoms with E-state index in [1.165, 1.54) is 23.5 Å². The van der Waals surface area contributed by atoms with Gasteiger partial charge in [-0.15, -0.1) is 0 Å². The van der Waals surface area contributed by atoms with Gasteiger partial charge in [-0.1, -0.05) is 11.8 Å². The molecular weight excluding hydrogens is 313 g/mol. The zero-order valence-electron chi connectivity index (χ0n) is 10.8. The number of hydrogen-bond acceptors (Lipinski definition) is 4. The predicted octanol–water partition coefficient (Wildman–Crippen LogP) is 1.71. The first-order valence-corrected chi connectivity index (χ1v) is 8.35. The molecule has 0 fully saturated rings. The summed E-state index contributed by atoms with van der Waals surface area (Å²) in [7, 11) is -3.78. The lowest BCUT2D eigenvalue weighted by atomic mass is 10.2. The zero-order valence-corrected chi connectivity index (χ0v) is 12.5. The smallest absolute Gasteiger partial charge is 0.240 e. The second-order valence-electron chi connectivity index (χ2n) is 4.06. The fourth-order valence-electron chi connectivity index (χ4n) is 1.55. The Hall–Kier alpha value is -1.72. The number of rotatable bonds is 4. The molecule has 2 N–H and O–H groups in total. The molecule has 0 radical (unpaired) electrons. The van der Waals surface area contributed by atoms with E-state index in [9.17, 15) is 12.8 Å². The van der Waals surface area contributed by atoms with Crippen molar-refractivity contribution in [3.63, 3.8) is 0 Å². The third kappa shape index (κ3) is 4.12. The van der Waals surface area contributed by atoms with E-state index in [1.54, 1.807) is 6.07 Å². The van der Waals surface area contributed by atoms with E-state index < -0.39 is 15.8 Å². The van der Waals surface area contributed by atoms with Gasteiger partial charge in [0.1, 0.15) is 12.4 Å². The maximum absolute atomic E-state index is 13.7. The van der Waals surface area contributed by atoms with Gasteiger partial charge >= 0.3 is 0 Å². The van der Waals surface area contributed by atoms with Crippen LogP contribution in [0.1, 0.15) is 11.1 Å². The van der Waals surface area contributed by atoms with E-state index in [0.717, 1.165) is 11.6 Å². The summed E-state index contributed by atoms with van der Waals surface area (Å²) in [6, 6.07) is 5.27. The molecule has 2 aromatic rings. The highest BCUT2D eigenvalue weighted by Crippen LogP contribution is 2.15. The molecule has 1 aromatic carbocycles. The molecule has 7 heteroatoms. The molecule has 0 aliphatic rings. The first kappa shape index (κ1) is 15.7. The topological polar surface area (TPSA) is 66.4 Å². The lowest BCUT2D eigenvalue weighted by Gasteiger charge is -2.06. The first-order chi connectivity index (χ1) is 10.0. The van der Waals surface area contributed by atoms with Crippen molar-refractivity contribution in [1.82, 2.24) is 4.72 Å². The van der Waals surface area contributed by atoms with Gasteiger partial charge in [0.05, 0.1) is 10.5 Å². The van der Waals surface area contributed by atoms with Crippen molar-refractivity contribution >= 4 is 21.4 Å². The second-order valence-corrected chi connectivity index (χ2v) is 6.60. The van der Waals surface area contributed by atoms with Gasteiger partial charge in [0.2, 0.25) is 10.0 Å². The highest BCUT2D eigenvalue weighted by atomic mass is 32.2. The van der Waals surface area contributed by atoms with Crippen LogP contribution in [0.2, 0.25) is 0 Å². The van der Waals surface area contributed by atoms with Crippen molar-refractivity contribution in [2.24, 2.45) is 0 Å². The number of hydrogen-bond donors (Lipinski definition) is 2. The first-order valence-electron chi connectivity index (χ1n) is 5.93. The predicted molar refractivity (Wildman–Crippen MR) is 78.7 cm³/mol. The van der Waals surface area contributed by atoms with Gasteiger partial charge in [0.15, 0.2) is 0 Å². The van der Waals surface area contributed by atoms with Gasteiger partial charge in [-0.2, -0.15) is 11.3 Å². The highest BCUT2D eigenvalue weighted by molar-refractivity contribution is 7.89. The van der Waals surface area contributed by atoms with Crippen molar-refractivity contribution < 1.29 is 17.9 Å². The lowest BCUT2D eigenvalue weighted by molar-refractivity contribution is 0.350. The number of sulfonamides is 1. The Balaban J connectivity index is 2.18. The lowest BCUT2D eigenvalue weighted by Crippen LogP contribution is -2.23. The number of halogens is 1. The summed E-state index contributed by atoms with van der Waals surface area (Å²) in [4.78, 5) is -0.162. The van der Waals surface area contributed by atoms with E-state index in [0.29, 0.717) is 0 Å². The highest BCUT2D eigenvalue weighted by Gasteiger charge is 2.15. The fourth-order valence-corrected chi connectivity index (χ4v) is 3.25. The van der Waals surface area contributed by atoms with E-state index in [1.807, 2.05) is 10.8 Å². The molecule has 21 heavy (non-hydrogen) atoms. The number of aliphatic hydroxyl groups excluding tert-OH is 1. The average Bonchev–Trinajstić information content (AvgIpc) is 2.97. The molecule has 0 unspecified atom stereocenters. The van der Waals surface area contributed by atoms with Gasteiger partial charge in [-0.05, 0) is 40.6 Å². The molecule has 0 saturated carbocycles. The van der Waals surface area contributed by atoms with Crippen LogP contribution in [0, 0.1) is 17.7 Å². The number of nitrogens with one attached hydrogen (secondary N) is 1. The van der Waals surface area contributed by atoms with Crippen LogP contribution in [0.4, 0.5) is 4.39 Å². The Kier molecular flexibility index (Phi) is 5.09. The van der Waals surface area contributed by atoms with Gasteiger partial charge in [-0.25, -0.2) is 17.5 Å². The third-order valence-electron chi connectivity index (χ3n) is 2.60. The summed E-state index contributed by atoms with van der Waals surface area (Å²) in [5.41, 5.74) is 0.885. The fraction of sp³-hybridized carbons (Fsp3) is 0.143. The van der Waals surface area contributed by atoms with E-state index in [2.05, 4.69) is 16.6 Å². The molecule has 1 heterocycles. The number of aliphatic hydroxyl groups is 1. The van der Waals surface area contributed by atoms with Gasteiger partial charge in [0, 0.05) is 6.54 Å². The van der Waals surface area contributed by atoms with Crippen molar-refractivity contribution in [3.05, 3.63) is 52.0 Å². The Labute approximate surface area is 126 Å². The molecule has 0 aliphatic heterocycles. The second kappa shape index (κ2) is 6.83. The Morgan fingerprint density at radius 2 is 2.14 bits per heavy atom. The largest absolute Gasteiger partial charge is 0.384 e. The molecular formula is C14H12FNO3S2. The standard InChI is InChI=1S/C14H12FNO3S2/c15-14-8-13(4-3-12(14)2-1-6-17)21(18,19)16-9-11-5-7-20-10-11/h3-5,7-8,10,16-17H,6,9H2. The average molecular weight is 325 g/mol. The molecule has 4 nitrogen and oxygen atoms in total. The molecule has 0 atom stereocenters. The Morgan fingerprint density at radius 3 is 2.76 bits per heavy atom. The van der Waals surface area contributed by atoms with Crippen molar-refractivity contribution in [3.8, 4) is 11.8 Å².